The Kier molecular flexibility index (Phi) is 2.82. The summed E-state index contributed by atoms with van der Waals surface area (Å²) in [4.78, 5) is 36.8. The fourth-order valence-corrected chi connectivity index (χ4v) is 2.64. The topological polar surface area (TPSA) is 105 Å². The van der Waals surface area contributed by atoms with Gasteiger partial charge in [0.2, 0.25) is 0 Å². The fourth-order valence-electron chi connectivity index (χ4n) is 2.64. The number of carbonyl (C=O) groups is 3. The molecule has 8 heteroatoms. The third kappa shape index (κ3) is 2.08. The van der Waals surface area contributed by atoms with Crippen LogP contribution in [0.5, 0.6) is 0 Å². The zero-order chi connectivity index (χ0) is 15.2. The van der Waals surface area contributed by atoms with E-state index in [-0.39, 0.29) is 17.8 Å². The molecule has 2 aliphatic rings. The average Bonchev–Trinajstić information content (AvgIpc) is 2.97. The number of rotatable bonds is 1. The van der Waals surface area contributed by atoms with E-state index in [0.29, 0.717) is 13.0 Å². The van der Waals surface area contributed by atoms with Crippen molar-refractivity contribution in [2.24, 2.45) is 0 Å². The summed E-state index contributed by atoms with van der Waals surface area (Å²) in [6.45, 7) is 0.369. The lowest BCUT2D eigenvalue weighted by Gasteiger charge is -2.21. The maximum Gasteiger partial charge on any atom is 0.322 e. The van der Waals surface area contributed by atoms with Gasteiger partial charge in [-0.25, -0.2) is 9.18 Å². The van der Waals surface area contributed by atoms with Crippen LogP contribution in [0.15, 0.2) is 18.2 Å². The fraction of sp³-hybridized carbons (Fsp3) is 0.308. The molecule has 4 amide bonds. The summed E-state index contributed by atoms with van der Waals surface area (Å²) in [5.41, 5.74) is 4.42. The number of carbonyl (C=O) groups excluding carboxylic acids is 3. The van der Waals surface area contributed by atoms with E-state index in [2.05, 4.69) is 10.6 Å². The Labute approximate surface area is 119 Å². The van der Waals surface area contributed by atoms with Crippen molar-refractivity contribution in [2.45, 2.75) is 12.0 Å². The number of benzene rings is 1. The first-order valence-electron chi connectivity index (χ1n) is 6.39. The van der Waals surface area contributed by atoms with Crippen LogP contribution in [0.2, 0.25) is 0 Å². The number of hydrogen-bond acceptors (Lipinski definition) is 4. The molecule has 1 aromatic rings. The predicted octanol–water partition coefficient (Wildman–Crippen LogP) is -0.168. The molecule has 1 spiro atoms. The zero-order valence-corrected chi connectivity index (χ0v) is 11.0. The van der Waals surface area contributed by atoms with Gasteiger partial charge in [0.1, 0.15) is 11.4 Å². The molecule has 0 bridgehead atoms. The van der Waals surface area contributed by atoms with Crippen molar-refractivity contribution in [3.63, 3.8) is 0 Å². The molecule has 21 heavy (non-hydrogen) atoms. The van der Waals surface area contributed by atoms with E-state index >= 15 is 0 Å². The van der Waals surface area contributed by atoms with Crippen molar-refractivity contribution in [2.75, 3.05) is 18.8 Å². The summed E-state index contributed by atoms with van der Waals surface area (Å²) in [5.74, 6) is -1.51. The number of anilines is 1. The van der Waals surface area contributed by atoms with Gasteiger partial charge in [-0.1, -0.05) is 0 Å². The Morgan fingerprint density at radius 2 is 2.14 bits per heavy atom. The third-order valence-electron chi connectivity index (χ3n) is 3.82. The molecule has 2 heterocycles. The van der Waals surface area contributed by atoms with Crippen molar-refractivity contribution in [1.82, 2.24) is 15.5 Å². The Balaban J connectivity index is 1.80. The van der Waals surface area contributed by atoms with Crippen LogP contribution in [0.1, 0.15) is 16.8 Å². The summed E-state index contributed by atoms with van der Waals surface area (Å²) in [6.07, 6.45) is 0.327. The molecule has 1 aromatic carbocycles. The van der Waals surface area contributed by atoms with Gasteiger partial charge in [0.05, 0.1) is 12.2 Å². The molecule has 1 unspecified atom stereocenters. The van der Waals surface area contributed by atoms with Gasteiger partial charge >= 0.3 is 6.03 Å². The summed E-state index contributed by atoms with van der Waals surface area (Å²) in [5, 5.41) is 4.71. The molecule has 7 nitrogen and oxygen atoms in total. The Morgan fingerprint density at radius 1 is 1.38 bits per heavy atom. The molecule has 0 aromatic heterocycles. The standard InChI is InChI=1S/C13H13FN4O3/c14-8-5-7(1-2-9(8)15)10(19)18-4-3-13(6-18)11(20)16-12(21)17-13/h1-2,5H,3-4,6,15H2,(H2,16,17,20,21). The van der Waals surface area contributed by atoms with E-state index in [1.165, 1.54) is 17.0 Å². The first kappa shape index (κ1) is 13.3. The van der Waals surface area contributed by atoms with E-state index in [0.717, 1.165) is 6.07 Å². The van der Waals surface area contributed by atoms with Crippen LogP contribution >= 0.6 is 0 Å². The quantitative estimate of drug-likeness (QED) is 0.494. The van der Waals surface area contributed by atoms with Gasteiger partial charge in [-0.05, 0) is 24.6 Å². The second kappa shape index (κ2) is 4.44. The Hall–Kier alpha value is -2.64. The highest BCUT2D eigenvalue weighted by Crippen LogP contribution is 2.26. The number of hydrogen-bond donors (Lipinski definition) is 3. The molecule has 0 aliphatic carbocycles. The molecule has 110 valence electrons. The van der Waals surface area contributed by atoms with Crippen LogP contribution in [0, 0.1) is 5.82 Å². The Bertz CT molecular complexity index is 663. The van der Waals surface area contributed by atoms with Crippen LogP contribution in [-0.4, -0.2) is 41.4 Å². The van der Waals surface area contributed by atoms with Gasteiger partial charge in [-0.15, -0.1) is 0 Å². The third-order valence-corrected chi connectivity index (χ3v) is 3.82. The number of nitrogens with zero attached hydrogens (tertiary/aromatic N) is 1. The van der Waals surface area contributed by atoms with Crippen molar-refractivity contribution in [3.8, 4) is 0 Å². The second-order valence-electron chi connectivity index (χ2n) is 5.20. The maximum atomic E-state index is 13.4. The largest absolute Gasteiger partial charge is 0.396 e. The molecule has 0 saturated carbocycles. The van der Waals surface area contributed by atoms with Gasteiger partial charge in [0, 0.05) is 12.1 Å². The number of likely N-dealkylation sites (tertiary alicyclic amines) is 1. The van der Waals surface area contributed by atoms with Gasteiger partial charge in [0.15, 0.2) is 0 Å². The minimum atomic E-state index is -1.07. The van der Waals surface area contributed by atoms with Gasteiger partial charge in [0.25, 0.3) is 11.8 Å². The molecular weight excluding hydrogens is 279 g/mol. The molecule has 2 fully saturated rings. The minimum Gasteiger partial charge on any atom is -0.396 e. The maximum absolute atomic E-state index is 13.4. The summed E-state index contributed by atoms with van der Waals surface area (Å²) in [7, 11) is 0. The van der Waals surface area contributed by atoms with Crippen molar-refractivity contribution in [3.05, 3.63) is 29.6 Å². The van der Waals surface area contributed by atoms with Gasteiger partial charge in [-0.3, -0.25) is 14.9 Å². The van der Waals surface area contributed by atoms with E-state index in [1.807, 2.05) is 0 Å². The Morgan fingerprint density at radius 3 is 2.76 bits per heavy atom. The number of nitrogen functional groups attached to an aromatic ring is 1. The number of halogens is 1. The highest BCUT2D eigenvalue weighted by atomic mass is 19.1. The van der Waals surface area contributed by atoms with E-state index in [9.17, 15) is 18.8 Å². The van der Waals surface area contributed by atoms with E-state index in [1.54, 1.807) is 0 Å². The summed E-state index contributed by atoms with van der Waals surface area (Å²) >= 11 is 0. The highest BCUT2D eigenvalue weighted by Gasteiger charge is 2.51. The number of nitrogens with one attached hydrogen (secondary N) is 2. The second-order valence-corrected chi connectivity index (χ2v) is 5.20. The highest BCUT2D eigenvalue weighted by molar-refractivity contribution is 6.08. The van der Waals surface area contributed by atoms with E-state index in [4.69, 9.17) is 5.73 Å². The molecule has 3 rings (SSSR count). The summed E-state index contributed by atoms with van der Waals surface area (Å²) in [6, 6.07) is 3.25. The van der Waals surface area contributed by atoms with Crippen molar-refractivity contribution >= 4 is 23.5 Å². The number of amides is 4. The first-order chi connectivity index (χ1) is 9.91. The number of nitrogens with two attached hydrogens (primary N) is 1. The van der Waals surface area contributed by atoms with Crippen LogP contribution in [0.3, 0.4) is 0 Å². The smallest absolute Gasteiger partial charge is 0.322 e. The monoisotopic (exact) mass is 292 g/mol. The van der Waals surface area contributed by atoms with E-state index < -0.39 is 29.2 Å². The van der Waals surface area contributed by atoms with Crippen LogP contribution in [0.25, 0.3) is 0 Å². The lowest BCUT2D eigenvalue weighted by molar-refractivity contribution is -0.123. The minimum absolute atomic E-state index is 0.0353. The van der Waals surface area contributed by atoms with Crippen LogP contribution in [0.4, 0.5) is 14.9 Å². The zero-order valence-electron chi connectivity index (χ0n) is 11.0. The van der Waals surface area contributed by atoms with Crippen molar-refractivity contribution < 1.29 is 18.8 Å². The van der Waals surface area contributed by atoms with Crippen molar-refractivity contribution in [1.29, 1.82) is 0 Å². The average molecular weight is 292 g/mol. The predicted molar refractivity (Wildman–Crippen MR) is 70.7 cm³/mol. The molecular formula is C13H13FN4O3. The summed E-state index contributed by atoms with van der Waals surface area (Å²) < 4.78 is 13.4. The van der Waals surface area contributed by atoms with Crippen LogP contribution < -0.4 is 16.4 Å². The lowest BCUT2D eigenvalue weighted by Crippen LogP contribution is -2.49. The normalized spacial score (nSPS) is 24.3. The molecule has 0 radical (unpaired) electrons. The molecule has 2 saturated heterocycles. The van der Waals surface area contributed by atoms with Crippen LogP contribution in [-0.2, 0) is 4.79 Å². The van der Waals surface area contributed by atoms with Gasteiger partial charge in [-0.2, -0.15) is 0 Å². The lowest BCUT2D eigenvalue weighted by atomic mass is 9.99. The molecule has 2 aliphatic heterocycles. The first-order valence-corrected chi connectivity index (χ1v) is 6.39. The van der Waals surface area contributed by atoms with Gasteiger partial charge < -0.3 is 16.0 Å². The number of urea groups is 1. The SMILES string of the molecule is Nc1ccc(C(=O)N2CCC3(C2)NC(=O)NC3=O)cc1F. The number of imide groups is 1. The molecule has 4 N–H and O–H groups in total. The molecule has 1 atom stereocenters.